The number of likely N-dealkylation sites (N-methyl/N-ethyl adjacent to an activating group) is 2. The van der Waals surface area contributed by atoms with E-state index >= 15 is 0 Å². The van der Waals surface area contributed by atoms with Crippen LogP contribution in [0.5, 0.6) is 0 Å². The van der Waals surface area contributed by atoms with Gasteiger partial charge in [-0.3, -0.25) is 0 Å². The number of hydrogen-bond donors (Lipinski definition) is 1. The minimum Gasteiger partial charge on any atom is -0.316 e. The molecule has 0 amide bonds. The van der Waals surface area contributed by atoms with Gasteiger partial charge in [-0.25, -0.2) is 0 Å². The molecular weight excluding hydrogens is 160 g/mol. The molecule has 0 aromatic heterocycles. The third-order valence-corrected chi connectivity index (χ3v) is 2.40. The van der Waals surface area contributed by atoms with Crippen LogP contribution in [0.3, 0.4) is 0 Å². The Balaban J connectivity index is 3.36. The first-order valence-electron chi connectivity index (χ1n) is 5.52. The van der Waals surface area contributed by atoms with Gasteiger partial charge in [0.2, 0.25) is 0 Å². The molecule has 1 atom stereocenters. The van der Waals surface area contributed by atoms with Crippen molar-refractivity contribution in [1.82, 2.24) is 10.2 Å². The minimum absolute atomic E-state index is 0.673. The predicted octanol–water partition coefficient (Wildman–Crippen LogP) is 2.11. The van der Waals surface area contributed by atoms with Gasteiger partial charge in [0.15, 0.2) is 0 Å². The molecule has 2 nitrogen and oxygen atoms in total. The fourth-order valence-corrected chi connectivity index (χ4v) is 1.59. The lowest BCUT2D eigenvalue weighted by atomic mass is 10.1. The third kappa shape index (κ3) is 8.26. The summed E-state index contributed by atoms with van der Waals surface area (Å²) in [6, 6.07) is 0.673. The molecule has 0 aliphatic carbocycles. The van der Waals surface area contributed by atoms with Crippen LogP contribution in [-0.2, 0) is 0 Å². The van der Waals surface area contributed by atoms with Crippen molar-refractivity contribution in [1.29, 1.82) is 0 Å². The van der Waals surface area contributed by atoms with Gasteiger partial charge in [0.25, 0.3) is 0 Å². The number of nitrogens with one attached hydrogen (secondary N) is 1. The van der Waals surface area contributed by atoms with Crippen molar-refractivity contribution in [2.45, 2.75) is 45.1 Å². The van der Waals surface area contributed by atoms with Crippen molar-refractivity contribution in [3.63, 3.8) is 0 Å². The summed E-state index contributed by atoms with van der Waals surface area (Å²) in [5.74, 6) is 0. The quantitative estimate of drug-likeness (QED) is 0.584. The third-order valence-electron chi connectivity index (χ3n) is 2.40. The van der Waals surface area contributed by atoms with Crippen LogP contribution < -0.4 is 5.32 Å². The number of hydrogen-bond acceptors (Lipinski definition) is 2. The van der Waals surface area contributed by atoms with E-state index in [1.54, 1.807) is 0 Å². The summed E-state index contributed by atoms with van der Waals surface area (Å²) in [4.78, 5) is 2.25. The van der Waals surface area contributed by atoms with Gasteiger partial charge in [-0.15, -0.1) is 0 Å². The zero-order chi connectivity index (χ0) is 10.1. The van der Waals surface area contributed by atoms with Crippen LogP contribution in [0.2, 0.25) is 0 Å². The Morgan fingerprint density at radius 1 is 1.15 bits per heavy atom. The molecule has 0 aromatic carbocycles. The summed E-state index contributed by atoms with van der Waals surface area (Å²) in [6.45, 7) is 3.41. The highest BCUT2D eigenvalue weighted by atomic mass is 15.1. The van der Waals surface area contributed by atoms with Crippen LogP contribution in [-0.4, -0.2) is 38.6 Å². The summed E-state index contributed by atoms with van der Waals surface area (Å²) in [6.07, 6.45) is 6.79. The molecule has 0 saturated carbocycles. The van der Waals surface area contributed by atoms with E-state index in [9.17, 15) is 0 Å². The molecule has 0 rings (SSSR count). The second kappa shape index (κ2) is 8.52. The van der Waals surface area contributed by atoms with E-state index in [2.05, 4.69) is 38.3 Å². The Hall–Kier alpha value is -0.0800. The van der Waals surface area contributed by atoms with E-state index in [4.69, 9.17) is 0 Å². The Morgan fingerprint density at radius 2 is 1.85 bits per heavy atom. The monoisotopic (exact) mass is 186 g/mol. The molecule has 1 unspecified atom stereocenters. The summed E-state index contributed by atoms with van der Waals surface area (Å²) < 4.78 is 0. The van der Waals surface area contributed by atoms with E-state index in [1.165, 1.54) is 32.1 Å². The predicted molar refractivity (Wildman–Crippen MR) is 60.2 cm³/mol. The number of unbranched alkanes of at least 4 members (excludes halogenated alkanes) is 3. The zero-order valence-corrected chi connectivity index (χ0v) is 9.77. The summed E-state index contributed by atoms with van der Waals surface area (Å²) in [5.41, 5.74) is 0. The molecule has 80 valence electrons. The maximum Gasteiger partial charge on any atom is 0.0191 e. The highest BCUT2D eigenvalue weighted by Gasteiger charge is 2.05. The van der Waals surface area contributed by atoms with Crippen LogP contribution in [0, 0.1) is 0 Å². The van der Waals surface area contributed by atoms with E-state index in [0.717, 1.165) is 6.54 Å². The maximum atomic E-state index is 3.37. The fourth-order valence-electron chi connectivity index (χ4n) is 1.59. The highest BCUT2D eigenvalue weighted by Crippen LogP contribution is 2.05. The molecule has 0 spiro atoms. The lowest BCUT2D eigenvalue weighted by Crippen LogP contribution is -2.35. The summed E-state index contributed by atoms with van der Waals surface area (Å²) >= 11 is 0. The van der Waals surface area contributed by atoms with Gasteiger partial charge in [-0.1, -0.05) is 32.6 Å². The molecule has 0 aliphatic rings. The Bertz CT molecular complexity index is 102. The first kappa shape index (κ1) is 12.9. The van der Waals surface area contributed by atoms with Gasteiger partial charge >= 0.3 is 0 Å². The largest absolute Gasteiger partial charge is 0.316 e. The smallest absolute Gasteiger partial charge is 0.0191 e. The van der Waals surface area contributed by atoms with Crippen LogP contribution in [0.4, 0.5) is 0 Å². The molecular formula is C11H26N2. The molecule has 13 heavy (non-hydrogen) atoms. The fraction of sp³-hybridized carbons (Fsp3) is 1.00. The van der Waals surface area contributed by atoms with Crippen LogP contribution >= 0.6 is 0 Å². The lowest BCUT2D eigenvalue weighted by Gasteiger charge is -2.20. The minimum atomic E-state index is 0.673. The SMILES string of the molecule is CCCCCCC(CN(C)C)NC. The van der Waals surface area contributed by atoms with Crippen molar-refractivity contribution in [3.8, 4) is 0 Å². The van der Waals surface area contributed by atoms with Crippen molar-refractivity contribution in [2.75, 3.05) is 27.7 Å². The summed E-state index contributed by atoms with van der Waals surface area (Å²) in [5, 5.41) is 3.37. The van der Waals surface area contributed by atoms with Crippen molar-refractivity contribution in [3.05, 3.63) is 0 Å². The Morgan fingerprint density at radius 3 is 2.31 bits per heavy atom. The molecule has 0 radical (unpaired) electrons. The van der Waals surface area contributed by atoms with E-state index in [-0.39, 0.29) is 0 Å². The molecule has 0 bridgehead atoms. The lowest BCUT2D eigenvalue weighted by molar-refractivity contribution is 0.331. The maximum absolute atomic E-state index is 3.37. The van der Waals surface area contributed by atoms with E-state index < -0.39 is 0 Å². The van der Waals surface area contributed by atoms with Crippen molar-refractivity contribution >= 4 is 0 Å². The second-order valence-electron chi connectivity index (χ2n) is 4.10. The van der Waals surface area contributed by atoms with E-state index in [0.29, 0.717) is 6.04 Å². The van der Waals surface area contributed by atoms with Gasteiger partial charge in [0.1, 0.15) is 0 Å². The topological polar surface area (TPSA) is 15.3 Å². The number of nitrogens with zero attached hydrogens (tertiary/aromatic N) is 1. The number of rotatable bonds is 8. The molecule has 0 saturated heterocycles. The molecule has 2 heteroatoms. The van der Waals surface area contributed by atoms with Gasteiger partial charge in [0, 0.05) is 12.6 Å². The molecule has 0 aliphatic heterocycles. The first-order chi connectivity index (χ1) is 6.20. The van der Waals surface area contributed by atoms with Gasteiger partial charge < -0.3 is 10.2 Å². The Labute approximate surface area is 83.7 Å². The average molecular weight is 186 g/mol. The van der Waals surface area contributed by atoms with E-state index in [1.807, 2.05) is 0 Å². The first-order valence-corrected chi connectivity index (χ1v) is 5.52. The highest BCUT2D eigenvalue weighted by molar-refractivity contribution is 4.66. The van der Waals surface area contributed by atoms with Gasteiger partial charge in [0.05, 0.1) is 0 Å². The van der Waals surface area contributed by atoms with Crippen LogP contribution in [0.25, 0.3) is 0 Å². The van der Waals surface area contributed by atoms with Crippen molar-refractivity contribution in [2.24, 2.45) is 0 Å². The van der Waals surface area contributed by atoms with Gasteiger partial charge in [-0.2, -0.15) is 0 Å². The second-order valence-corrected chi connectivity index (χ2v) is 4.10. The Kier molecular flexibility index (Phi) is 8.46. The van der Waals surface area contributed by atoms with Crippen molar-refractivity contribution < 1.29 is 0 Å². The average Bonchev–Trinajstić information content (AvgIpc) is 2.09. The van der Waals surface area contributed by atoms with Gasteiger partial charge in [-0.05, 0) is 27.6 Å². The zero-order valence-electron chi connectivity index (χ0n) is 9.77. The summed E-state index contributed by atoms with van der Waals surface area (Å²) in [7, 11) is 6.33. The van der Waals surface area contributed by atoms with Crippen LogP contribution in [0.1, 0.15) is 39.0 Å². The standard InChI is InChI=1S/C11H26N2/c1-5-6-7-8-9-11(12-2)10-13(3)4/h11-12H,5-10H2,1-4H3. The molecule has 0 aromatic rings. The normalized spacial score (nSPS) is 13.6. The molecule has 0 heterocycles. The molecule has 1 N–H and O–H groups in total. The van der Waals surface area contributed by atoms with Crippen LogP contribution in [0.15, 0.2) is 0 Å². The molecule has 0 fully saturated rings.